The summed E-state index contributed by atoms with van der Waals surface area (Å²) in [5.41, 5.74) is -0.00623. The van der Waals surface area contributed by atoms with Gasteiger partial charge in [-0.15, -0.1) is 0 Å². The molecule has 0 radical (unpaired) electrons. The third-order valence-electron chi connectivity index (χ3n) is 4.21. The fourth-order valence-electron chi connectivity index (χ4n) is 2.75. The van der Waals surface area contributed by atoms with Crippen LogP contribution in [0, 0.1) is 11.3 Å². The molecule has 1 rings (SSSR count). The highest BCUT2D eigenvalue weighted by Crippen LogP contribution is 2.47. The second kappa shape index (κ2) is 5.18. The van der Waals surface area contributed by atoms with E-state index >= 15 is 0 Å². The first kappa shape index (κ1) is 14.2. The molecule has 1 saturated carbocycles. The van der Waals surface area contributed by atoms with E-state index in [1.807, 2.05) is 19.1 Å². The maximum atomic E-state index is 10.9. The molecule has 2 nitrogen and oxygen atoms in total. The van der Waals surface area contributed by atoms with Gasteiger partial charge in [0.1, 0.15) is 6.29 Å². The number of aldehydes is 1. The van der Waals surface area contributed by atoms with Crippen LogP contribution in [0.4, 0.5) is 0 Å². The Morgan fingerprint density at radius 2 is 2.06 bits per heavy atom. The van der Waals surface area contributed by atoms with Gasteiger partial charge in [0.15, 0.2) is 0 Å². The molecule has 0 aromatic carbocycles. The lowest BCUT2D eigenvalue weighted by Gasteiger charge is -2.49. The summed E-state index contributed by atoms with van der Waals surface area (Å²) in [6.45, 7) is 8.20. The zero-order valence-electron chi connectivity index (χ0n) is 11.4. The summed E-state index contributed by atoms with van der Waals surface area (Å²) in [6, 6.07) is 0. The van der Waals surface area contributed by atoms with E-state index in [9.17, 15) is 9.90 Å². The van der Waals surface area contributed by atoms with Gasteiger partial charge in [-0.05, 0) is 42.7 Å². The summed E-state index contributed by atoms with van der Waals surface area (Å²) in [4.78, 5) is 10.4. The van der Waals surface area contributed by atoms with Crippen molar-refractivity contribution in [3.8, 4) is 0 Å². The Bertz CT molecular complexity index is 339. The molecule has 2 unspecified atom stereocenters. The normalized spacial score (nSPS) is 33.9. The van der Waals surface area contributed by atoms with Gasteiger partial charge in [0.2, 0.25) is 0 Å². The van der Waals surface area contributed by atoms with E-state index in [-0.39, 0.29) is 11.3 Å². The predicted octanol–water partition coefficient (Wildman–Crippen LogP) is 3.27. The van der Waals surface area contributed by atoms with Gasteiger partial charge in [-0.1, -0.05) is 39.3 Å². The van der Waals surface area contributed by atoms with Crippen molar-refractivity contribution < 1.29 is 9.90 Å². The topological polar surface area (TPSA) is 37.3 Å². The molecule has 17 heavy (non-hydrogen) atoms. The highest BCUT2D eigenvalue weighted by atomic mass is 16.3. The molecule has 96 valence electrons. The summed E-state index contributed by atoms with van der Waals surface area (Å²) in [5.74, 6) is 0.256. The average Bonchev–Trinajstić information content (AvgIpc) is 2.24. The van der Waals surface area contributed by atoms with Crippen LogP contribution < -0.4 is 0 Å². The van der Waals surface area contributed by atoms with E-state index in [2.05, 4.69) is 20.8 Å². The van der Waals surface area contributed by atoms with E-state index in [1.165, 1.54) is 12.5 Å². The highest BCUT2D eigenvalue weighted by Gasteiger charge is 2.47. The maximum absolute atomic E-state index is 10.9. The summed E-state index contributed by atoms with van der Waals surface area (Å²) in [6.07, 6.45) is 9.30. The lowest BCUT2D eigenvalue weighted by Crippen LogP contribution is -2.50. The number of hydrogen-bond acceptors (Lipinski definition) is 2. The van der Waals surface area contributed by atoms with Crippen LogP contribution in [0.2, 0.25) is 0 Å². The Kier molecular flexibility index (Phi) is 4.31. The zero-order valence-corrected chi connectivity index (χ0v) is 11.4. The highest BCUT2D eigenvalue weighted by molar-refractivity contribution is 5.66. The van der Waals surface area contributed by atoms with Crippen molar-refractivity contribution in [1.29, 1.82) is 0 Å². The first-order chi connectivity index (χ1) is 7.83. The molecular formula is C15H24O2. The Morgan fingerprint density at radius 3 is 2.59 bits per heavy atom. The van der Waals surface area contributed by atoms with E-state index < -0.39 is 5.60 Å². The Hall–Kier alpha value is -0.890. The van der Waals surface area contributed by atoms with Crippen molar-refractivity contribution in [3.05, 3.63) is 23.8 Å². The maximum Gasteiger partial charge on any atom is 0.143 e. The van der Waals surface area contributed by atoms with Crippen LogP contribution in [-0.2, 0) is 4.79 Å². The summed E-state index contributed by atoms with van der Waals surface area (Å²) in [7, 11) is 0. The molecular weight excluding hydrogens is 212 g/mol. The first-order valence-corrected chi connectivity index (χ1v) is 6.37. The van der Waals surface area contributed by atoms with Crippen molar-refractivity contribution in [2.24, 2.45) is 11.3 Å². The SMILES string of the molecule is CC(C=CC1(O)C(C)CCCC1(C)C)=CC=O. The zero-order chi connectivity index (χ0) is 13.1. The minimum atomic E-state index is -0.775. The van der Waals surface area contributed by atoms with E-state index in [0.717, 1.165) is 24.7 Å². The standard InChI is InChI=1S/C15H24O2/c1-12(8-11-16)7-10-15(17)13(2)6-5-9-14(15,3)4/h7-8,10-11,13,17H,5-6,9H2,1-4H3. The lowest BCUT2D eigenvalue weighted by atomic mass is 9.60. The Balaban J connectivity index is 2.97. The summed E-state index contributed by atoms with van der Waals surface area (Å²) >= 11 is 0. The molecule has 1 N–H and O–H groups in total. The molecule has 0 aliphatic heterocycles. The van der Waals surface area contributed by atoms with Crippen LogP contribution in [-0.4, -0.2) is 17.0 Å². The van der Waals surface area contributed by atoms with Crippen LogP contribution in [0.1, 0.15) is 47.0 Å². The summed E-state index contributed by atoms with van der Waals surface area (Å²) in [5, 5.41) is 10.9. The van der Waals surface area contributed by atoms with Crippen LogP contribution >= 0.6 is 0 Å². The van der Waals surface area contributed by atoms with Crippen molar-refractivity contribution in [1.82, 2.24) is 0 Å². The number of aliphatic hydroxyl groups is 1. The number of carbonyl (C=O) groups excluding carboxylic acids is 1. The van der Waals surface area contributed by atoms with Crippen molar-refractivity contribution >= 4 is 6.29 Å². The van der Waals surface area contributed by atoms with E-state index in [4.69, 9.17) is 0 Å². The van der Waals surface area contributed by atoms with E-state index in [1.54, 1.807) is 0 Å². The molecule has 0 aromatic rings. The number of rotatable bonds is 3. The largest absolute Gasteiger partial charge is 0.385 e. The number of allylic oxidation sites excluding steroid dienone is 3. The van der Waals surface area contributed by atoms with Gasteiger partial charge >= 0.3 is 0 Å². The third kappa shape index (κ3) is 2.86. The molecule has 1 fully saturated rings. The van der Waals surface area contributed by atoms with Crippen molar-refractivity contribution in [3.63, 3.8) is 0 Å². The molecule has 2 atom stereocenters. The molecule has 0 saturated heterocycles. The van der Waals surface area contributed by atoms with Crippen molar-refractivity contribution in [2.75, 3.05) is 0 Å². The molecule has 0 heterocycles. The van der Waals surface area contributed by atoms with Gasteiger partial charge in [-0.2, -0.15) is 0 Å². The summed E-state index contributed by atoms with van der Waals surface area (Å²) < 4.78 is 0. The smallest absolute Gasteiger partial charge is 0.143 e. The van der Waals surface area contributed by atoms with Gasteiger partial charge in [-0.25, -0.2) is 0 Å². The molecule has 0 aromatic heterocycles. The monoisotopic (exact) mass is 236 g/mol. The fraction of sp³-hybridized carbons (Fsp3) is 0.667. The minimum Gasteiger partial charge on any atom is -0.385 e. The van der Waals surface area contributed by atoms with Crippen molar-refractivity contribution in [2.45, 2.75) is 52.6 Å². The molecule has 2 heteroatoms. The van der Waals surface area contributed by atoms with Crippen LogP contribution in [0.5, 0.6) is 0 Å². The number of hydrogen-bond donors (Lipinski definition) is 1. The van der Waals surface area contributed by atoms with Gasteiger partial charge in [0.05, 0.1) is 5.60 Å². The molecule has 0 bridgehead atoms. The molecule has 0 spiro atoms. The molecule has 0 amide bonds. The van der Waals surface area contributed by atoms with Crippen LogP contribution in [0.15, 0.2) is 23.8 Å². The van der Waals surface area contributed by atoms with Gasteiger partial charge in [-0.3, -0.25) is 4.79 Å². The lowest BCUT2D eigenvalue weighted by molar-refractivity contribution is -0.104. The van der Waals surface area contributed by atoms with Crippen LogP contribution in [0.3, 0.4) is 0 Å². The fourth-order valence-corrected chi connectivity index (χ4v) is 2.75. The Labute approximate surface area is 104 Å². The molecule has 1 aliphatic rings. The van der Waals surface area contributed by atoms with Gasteiger partial charge < -0.3 is 5.11 Å². The predicted molar refractivity (Wildman–Crippen MR) is 70.7 cm³/mol. The number of carbonyl (C=O) groups is 1. The second-order valence-corrected chi connectivity index (χ2v) is 5.88. The quantitative estimate of drug-likeness (QED) is 0.464. The third-order valence-corrected chi connectivity index (χ3v) is 4.21. The van der Waals surface area contributed by atoms with Gasteiger partial charge in [0.25, 0.3) is 0 Å². The first-order valence-electron chi connectivity index (χ1n) is 6.37. The molecule has 1 aliphatic carbocycles. The Morgan fingerprint density at radius 1 is 1.41 bits per heavy atom. The van der Waals surface area contributed by atoms with Crippen LogP contribution in [0.25, 0.3) is 0 Å². The van der Waals surface area contributed by atoms with E-state index in [0.29, 0.717) is 0 Å². The minimum absolute atomic E-state index is 0.109. The average molecular weight is 236 g/mol. The second-order valence-electron chi connectivity index (χ2n) is 5.88. The van der Waals surface area contributed by atoms with Gasteiger partial charge in [0, 0.05) is 0 Å².